The molecule has 2 spiro atoms. The number of Topliss-reactive ketones (excluding diaryl/α,β-unsaturated/α-hetero) is 3. The molecule has 40 heavy (non-hydrogen) atoms. The van der Waals surface area contributed by atoms with Gasteiger partial charge < -0.3 is 10.2 Å². The van der Waals surface area contributed by atoms with Crippen LogP contribution in [0.4, 0.5) is 5.69 Å². The van der Waals surface area contributed by atoms with Gasteiger partial charge in [-0.1, -0.05) is 97.1 Å². The summed E-state index contributed by atoms with van der Waals surface area (Å²) in [6.45, 7) is 0. The van der Waals surface area contributed by atoms with Gasteiger partial charge in [-0.05, 0) is 28.8 Å². The van der Waals surface area contributed by atoms with Crippen LogP contribution in [-0.4, -0.2) is 34.2 Å². The number of fused-ring (bicyclic) bond motifs is 8. The molecule has 3 heterocycles. The molecule has 3 aliphatic heterocycles. The van der Waals surface area contributed by atoms with Gasteiger partial charge in [-0.15, -0.1) is 0 Å². The number of ketones is 3. The summed E-state index contributed by atoms with van der Waals surface area (Å²) in [5.74, 6) is -1.69. The molecule has 3 atom stereocenters. The fourth-order valence-electron chi connectivity index (χ4n) is 7.72. The van der Waals surface area contributed by atoms with Gasteiger partial charge in [0.15, 0.2) is 17.3 Å². The summed E-state index contributed by atoms with van der Waals surface area (Å²) < 4.78 is 0. The molecule has 3 unspecified atom stereocenters. The van der Waals surface area contributed by atoms with Crippen LogP contribution >= 0.6 is 0 Å². The van der Waals surface area contributed by atoms with Crippen LogP contribution in [0.3, 0.4) is 0 Å². The van der Waals surface area contributed by atoms with Crippen molar-refractivity contribution in [2.45, 2.75) is 17.5 Å². The molecule has 4 aromatic rings. The summed E-state index contributed by atoms with van der Waals surface area (Å²) in [4.78, 5) is 61.0. The number of rotatable bonds is 2. The second-order valence-electron chi connectivity index (χ2n) is 10.7. The average Bonchev–Trinajstić information content (AvgIpc) is 3.54. The van der Waals surface area contributed by atoms with E-state index in [-0.39, 0.29) is 16.9 Å². The van der Waals surface area contributed by atoms with Gasteiger partial charge >= 0.3 is 0 Å². The average molecular weight is 523 g/mol. The Morgan fingerprint density at radius 1 is 0.700 bits per heavy atom. The quantitative estimate of drug-likeness (QED) is 0.288. The lowest BCUT2D eigenvalue weighted by Gasteiger charge is -2.40. The maximum atomic E-state index is 15.0. The molecular weight excluding hydrogens is 500 g/mol. The third-order valence-corrected chi connectivity index (χ3v) is 9.15. The van der Waals surface area contributed by atoms with Crippen molar-refractivity contribution >= 4 is 35.0 Å². The Morgan fingerprint density at radius 3 is 2.08 bits per heavy atom. The van der Waals surface area contributed by atoms with Gasteiger partial charge in [-0.2, -0.15) is 0 Å². The third kappa shape index (κ3) is 2.41. The maximum absolute atomic E-state index is 15.0. The normalized spacial score (nSPS) is 24.6. The van der Waals surface area contributed by atoms with E-state index in [4.69, 9.17) is 0 Å². The highest BCUT2D eigenvalue weighted by atomic mass is 16.2. The Labute approximate surface area is 229 Å². The van der Waals surface area contributed by atoms with Gasteiger partial charge in [0.1, 0.15) is 16.9 Å². The standard InChI is InChI=1S/C34H22N2O4/c37-27(21-11-2-1-3-12-21)29-33(25-16-8-9-17-26(25)35-32(33)40)34(30(38)23-14-6-7-15-24(23)31(34)39)28-22-13-5-4-10-20(22)18-19-36(28)29/h1-19,28-29H,(H,35,40). The van der Waals surface area contributed by atoms with E-state index >= 15 is 0 Å². The minimum atomic E-state index is -1.91. The number of amides is 1. The minimum absolute atomic E-state index is 0.281. The molecular formula is C34H22N2O4. The zero-order valence-corrected chi connectivity index (χ0v) is 21.2. The van der Waals surface area contributed by atoms with E-state index in [0.717, 1.165) is 11.1 Å². The zero-order valence-electron chi connectivity index (χ0n) is 21.2. The van der Waals surface area contributed by atoms with Crippen molar-refractivity contribution in [1.82, 2.24) is 4.90 Å². The fraction of sp³-hybridized carbons (Fsp3) is 0.118. The van der Waals surface area contributed by atoms with E-state index in [1.807, 2.05) is 36.4 Å². The Morgan fingerprint density at radius 2 is 1.32 bits per heavy atom. The highest BCUT2D eigenvalue weighted by Crippen LogP contribution is 2.70. The first-order valence-electron chi connectivity index (χ1n) is 13.3. The lowest BCUT2D eigenvalue weighted by atomic mass is 9.53. The van der Waals surface area contributed by atoms with Gasteiger partial charge in [-0.3, -0.25) is 19.2 Å². The van der Waals surface area contributed by atoms with Crippen molar-refractivity contribution in [3.8, 4) is 0 Å². The fourth-order valence-corrected chi connectivity index (χ4v) is 7.72. The predicted octanol–water partition coefficient (Wildman–Crippen LogP) is 5.23. The molecule has 192 valence electrons. The lowest BCUT2D eigenvalue weighted by Crippen LogP contribution is -2.61. The van der Waals surface area contributed by atoms with Crippen LogP contribution in [0.25, 0.3) is 6.08 Å². The molecule has 0 bridgehead atoms. The van der Waals surface area contributed by atoms with Gasteiger partial charge in [0.2, 0.25) is 5.91 Å². The third-order valence-electron chi connectivity index (χ3n) is 9.15. The topological polar surface area (TPSA) is 83.6 Å². The molecule has 1 aliphatic carbocycles. The number of para-hydroxylation sites is 1. The Bertz CT molecular complexity index is 1810. The first kappa shape index (κ1) is 22.8. The summed E-state index contributed by atoms with van der Waals surface area (Å²) in [6, 6.07) is 28.2. The minimum Gasteiger partial charge on any atom is -0.357 e. The lowest BCUT2D eigenvalue weighted by molar-refractivity contribution is -0.123. The van der Waals surface area contributed by atoms with Crippen molar-refractivity contribution in [1.29, 1.82) is 0 Å². The molecule has 0 aromatic heterocycles. The number of benzene rings is 4. The number of carbonyl (C=O) groups excluding carboxylic acids is 4. The van der Waals surface area contributed by atoms with Crippen molar-refractivity contribution < 1.29 is 19.2 Å². The second kappa shape index (κ2) is 7.73. The van der Waals surface area contributed by atoms with Crippen molar-refractivity contribution in [2.75, 3.05) is 5.32 Å². The summed E-state index contributed by atoms with van der Waals surface area (Å²) >= 11 is 0. The van der Waals surface area contributed by atoms with Crippen LogP contribution in [0.5, 0.6) is 0 Å². The molecule has 1 saturated heterocycles. The van der Waals surface area contributed by atoms with Crippen LogP contribution < -0.4 is 5.32 Å². The molecule has 6 nitrogen and oxygen atoms in total. The molecule has 1 amide bonds. The summed E-state index contributed by atoms with van der Waals surface area (Å²) in [6.07, 6.45) is 3.67. The van der Waals surface area contributed by atoms with Crippen molar-refractivity contribution in [3.05, 3.63) is 143 Å². The van der Waals surface area contributed by atoms with E-state index in [1.54, 1.807) is 83.9 Å². The zero-order chi connectivity index (χ0) is 27.2. The Hall–Kier alpha value is -5.10. The van der Waals surface area contributed by atoms with Crippen LogP contribution in [0.15, 0.2) is 109 Å². The number of hydrogen-bond acceptors (Lipinski definition) is 5. The molecule has 4 aromatic carbocycles. The molecule has 1 N–H and O–H groups in total. The largest absolute Gasteiger partial charge is 0.357 e. The number of hydrogen-bond donors (Lipinski definition) is 1. The molecule has 0 saturated carbocycles. The Balaban J connectivity index is 1.55. The molecule has 4 aliphatic rings. The van der Waals surface area contributed by atoms with Crippen LogP contribution in [0.1, 0.15) is 53.8 Å². The van der Waals surface area contributed by atoms with Crippen LogP contribution in [0.2, 0.25) is 0 Å². The van der Waals surface area contributed by atoms with E-state index in [0.29, 0.717) is 16.8 Å². The van der Waals surface area contributed by atoms with Gasteiger partial charge in [-0.25, -0.2) is 0 Å². The van der Waals surface area contributed by atoms with E-state index in [9.17, 15) is 19.2 Å². The first-order chi connectivity index (χ1) is 19.5. The highest BCUT2D eigenvalue weighted by Gasteiger charge is 2.83. The van der Waals surface area contributed by atoms with Gasteiger partial charge in [0.25, 0.3) is 0 Å². The Kier molecular flexibility index (Phi) is 4.41. The highest BCUT2D eigenvalue weighted by molar-refractivity contribution is 6.36. The number of carbonyl (C=O) groups is 4. The van der Waals surface area contributed by atoms with Gasteiger partial charge in [0, 0.05) is 28.6 Å². The number of nitrogens with zero attached hydrogens (tertiary/aromatic N) is 1. The van der Waals surface area contributed by atoms with Crippen molar-refractivity contribution in [2.24, 2.45) is 5.41 Å². The molecule has 8 rings (SSSR count). The number of nitrogens with one attached hydrogen (secondary N) is 1. The van der Waals surface area contributed by atoms with E-state index < -0.39 is 40.4 Å². The SMILES string of the molecule is O=C(c1ccccc1)C1N2C=Cc3ccccc3C2C2(C(=O)c3ccccc3C2=O)C12C(=O)Nc1ccccc12. The van der Waals surface area contributed by atoms with Crippen LogP contribution in [-0.2, 0) is 10.2 Å². The maximum Gasteiger partial charge on any atom is 0.239 e. The van der Waals surface area contributed by atoms with E-state index in [1.165, 1.54) is 0 Å². The smallest absolute Gasteiger partial charge is 0.239 e. The summed E-state index contributed by atoms with van der Waals surface area (Å²) in [5, 5.41) is 2.97. The molecule has 0 radical (unpaired) electrons. The molecule has 6 heteroatoms. The molecule has 1 fully saturated rings. The number of anilines is 1. The predicted molar refractivity (Wildman–Crippen MR) is 149 cm³/mol. The van der Waals surface area contributed by atoms with Crippen LogP contribution in [0, 0.1) is 5.41 Å². The van der Waals surface area contributed by atoms with Gasteiger partial charge in [0.05, 0.1) is 6.04 Å². The monoisotopic (exact) mass is 522 g/mol. The summed E-state index contributed by atoms with van der Waals surface area (Å²) in [5.41, 5.74) is -0.195. The second-order valence-corrected chi connectivity index (χ2v) is 10.7. The van der Waals surface area contributed by atoms with E-state index in [2.05, 4.69) is 5.32 Å². The summed E-state index contributed by atoms with van der Waals surface area (Å²) in [7, 11) is 0. The van der Waals surface area contributed by atoms with Crippen molar-refractivity contribution in [3.63, 3.8) is 0 Å². The first-order valence-corrected chi connectivity index (χ1v) is 13.3.